The molecule has 2 rings (SSSR count). The fourth-order valence-corrected chi connectivity index (χ4v) is 2.62. The van der Waals surface area contributed by atoms with E-state index < -0.39 is 0 Å². The Hall–Kier alpha value is -1.38. The van der Waals surface area contributed by atoms with Gasteiger partial charge in [-0.2, -0.15) is 0 Å². The van der Waals surface area contributed by atoms with Crippen molar-refractivity contribution in [2.45, 2.75) is 45.1 Å². The molecule has 0 spiro atoms. The van der Waals surface area contributed by atoms with Crippen molar-refractivity contribution in [3.8, 4) is 0 Å². The molecule has 0 N–H and O–H groups in total. The predicted octanol–water partition coefficient (Wildman–Crippen LogP) is 2.88. The topological polar surface area (TPSA) is 33.2 Å². The van der Waals surface area contributed by atoms with Crippen LogP contribution in [0.3, 0.4) is 0 Å². The Labute approximate surface area is 103 Å². The van der Waals surface area contributed by atoms with Crippen LogP contribution in [0.25, 0.3) is 0 Å². The number of nitrogens with zero attached hydrogens (tertiary/aromatic N) is 2. The van der Waals surface area contributed by atoms with Gasteiger partial charge in [-0.05, 0) is 31.9 Å². The van der Waals surface area contributed by atoms with Crippen LogP contribution in [0.15, 0.2) is 24.5 Å². The van der Waals surface area contributed by atoms with E-state index >= 15 is 0 Å². The van der Waals surface area contributed by atoms with Gasteiger partial charge in [-0.3, -0.25) is 9.78 Å². The van der Waals surface area contributed by atoms with Crippen LogP contribution in [0.5, 0.6) is 0 Å². The summed E-state index contributed by atoms with van der Waals surface area (Å²) in [5.74, 6) is 0.154. The lowest BCUT2D eigenvalue weighted by molar-refractivity contribution is 0.0648. The normalized spacial score (nSPS) is 16.8. The van der Waals surface area contributed by atoms with Crippen molar-refractivity contribution in [2.24, 2.45) is 0 Å². The van der Waals surface area contributed by atoms with Gasteiger partial charge in [0.15, 0.2) is 0 Å². The number of rotatable bonds is 3. The molecule has 3 nitrogen and oxygen atoms in total. The minimum Gasteiger partial charge on any atom is -0.336 e. The summed E-state index contributed by atoms with van der Waals surface area (Å²) in [5, 5.41) is 0. The predicted molar refractivity (Wildman–Crippen MR) is 67.8 cm³/mol. The second kappa shape index (κ2) is 5.80. The summed E-state index contributed by atoms with van der Waals surface area (Å²) in [6.45, 7) is 2.86. The molecule has 0 atom stereocenters. The van der Waals surface area contributed by atoms with E-state index in [9.17, 15) is 4.79 Å². The highest BCUT2D eigenvalue weighted by molar-refractivity contribution is 5.94. The van der Waals surface area contributed by atoms with Gasteiger partial charge >= 0.3 is 0 Å². The highest BCUT2D eigenvalue weighted by atomic mass is 16.2. The quantitative estimate of drug-likeness (QED) is 0.803. The number of pyridine rings is 1. The first kappa shape index (κ1) is 12.1. The zero-order valence-corrected chi connectivity index (χ0v) is 10.4. The van der Waals surface area contributed by atoms with Crippen molar-refractivity contribution in [3.63, 3.8) is 0 Å². The fraction of sp³-hybridized carbons (Fsp3) is 0.571. The molecule has 1 saturated carbocycles. The van der Waals surface area contributed by atoms with E-state index in [1.165, 1.54) is 19.3 Å². The molecule has 92 valence electrons. The summed E-state index contributed by atoms with van der Waals surface area (Å²) < 4.78 is 0. The number of hydrogen-bond acceptors (Lipinski definition) is 2. The van der Waals surface area contributed by atoms with Crippen molar-refractivity contribution < 1.29 is 4.79 Å². The molecule has 1 aliphatic rings. The molecule has 0 saturated heterocycles. The van der Waals surface area contributed by atoms with Crippen LogP contribution in [-0.2, 0) is 0 Å². The number of hydrogen-bond donors (Lipinski definition) is 0. The zero-order chi connectivity index (χ0) is 12.1. The molecule has 1 amide bonds. The van der Waals surface area contributed by atoms with E-state index in [2.05, 4.69) is 11.9 Å². The number of carbonyl (C=O) groups excluding carboxylic acids is 1. The van der Waals surface area contributed by atoms with Gasteiger partial charge in [0, 0.05) is 30.5 Å². The van der Waals surface area contributed by atoms with Crippen LogP contribution in [0.1, 0.15) is 49.4 Å². The number of carbonyl (C=O) groups is 1. The van der Waals surface area contributed by atoms with Crippen LogP contribution < -0.4 is 0 Å². The average molecular weight is 232 g/mol. The van der Waals surface area contributed by atoms with E-state index in [-0.39, 0.29) is 5.91 Å². The minimum atomic E-state index is 0.154. The van der Waals surface area contributed by atoms with Gasteiger partial charge in [-0.1, -0.05) is 19.3 Å². The molecule has 3 heteroatoms. The second-order valence-corrected chi connectivity index (χ2v) is 4.62. The first-order valence-electron chi connectivity index (χ1n) is 6.54. The first-order valence-corrected chi connectivity index (χ1v) is 6.54. The second-order valence-electron chi connectivity index (χ2n) is 4.62. The van der Waals surface area contributed by atoms with Crippen LogP contribution in [0, 0.1) is 0 Å². The van der Waals surface area contributed by atoms with Crippen molar-refractivity contribution in [2.75, 3.05) is 6.54 Å². The van der Waals surface area contributed by atoms with Gasteiger partial charge in [0.05, 0.1) is 0 Å². The van der Waals surface area contributed by atoms with E-state index in [4.69, 9.17) is 0 Å². The largest absolute Gasteiger partial charge is 0.336 e. The van der Waals surface area contributed by atoms with E-state index in [1.54, 1.807) is 24.5 Å². The van der Waals surface area contributed by atoms with Gasteiger partial charge in [-0.15, -0.1) is 0 Å². The Balaban J connectivity index is 2.09. The standard InChI is InChI=1S/C14H20N2O/c1-2-16(13-6-4-3-5-7-13)14(17)12-8-10-15-11-9-12/h8-11,13H,2-7H2,1H3. The monoisotopic (exact) mass is 232 g/mol. The summed E-state index contributed by atoms with van der Waals surface area (Å²) in [5.41, 5.74) is 0.757. The SMILES string of the molecule is CCN(C(=O)c1ccncc1)C1CCCCC1. The molecule has 17 heavy (non-hydrogen) atoms. The van der Waals surface area contributed by atoms with Gasteiger partial charge in [0.25, 0.3) is 5.91 Å². The number of amides is 1. The molecule has 1 aliphatic carbocycles. The summed E-state index contributed by atoms with van der Waals surface area (Å²) in [7, 11) is 0. The van der Waals surface area contributed by atoms with Crippen LogP contribution in [0.4, 0.5) is 0 Å². The lowest BCUT2D eigenvalue weighted by Gasteiger charge is -2.33. The summed E-state index contributed by atoms with van der Waals surface area (Å²) >= 11 is 0. The molecule has 0 bridgehead atoms. The highest BCUT2D eigenvalue weighted by Crippen LogP contribution is 2.23. The van der Waals surface area contributed by atoms with E-state index in [0.29, 0.717) is 6.04 Å². The average Bonchev–Trinajstić information content (AvgIpc) is 2.42. The lowest BCUT2D eigenvalue weighted by atomic mass is 9.94. The molecule has 0 aliphatic heterocycles. The molecule has 1 fully saturated rings. The van der Waals surface area contributed by atoms with Crippen LogP contribution in [0.2, 0.25) is 0 Å². The van der Waals surface area contributed by atoms with Crippen molar-refractivity contribution in [3.05, 3.63) is 30.1 Å². The maximum absolute atomic E-state index is 12.4. The van der Waals surface area contributed by atoms with Crippen LogP contribution in [-0.4, -0.2) is 28.4 Å². The molecule has 0 aromatic carbocycles. The third-order valence-corrected chi connectivity index (χ3v) is 3.54. The molecule has 1 heterocycles. The Morgan fingerprint density at radius 3 is 2.53 bits per heavy atom. The molecule has 0 unspecified atom stereocenters. The zero-order valence-electron chi connectivity index (χ0n) is 10.4. The summed E-state index contributed by atoms with van der Waals surface area (Å²) in [6.07, 6.45) is 9.51. The third kappa shape index (κ3) is 2.84. The number of aromatic nitrogens is 1. The van der Waals surface area contributed by atoms with E-state index in [1.807, 2.05) is 4.90 Å². The Kier molecular flexibility index (Phi) is 4.13. The molecule has 1 aromatic rings. The Morgan fingerprint density at radius 2 is 1.94 bits per heavy atom. The van der Waals surface area contributed by atoms with Crippen molar-refractivity contribution in [1.82, 2.24) is 9.88 Å². The third-order valence-electron chi connectivity index (χ3n) is 3.54. The summed E-state index contributed by atoms with van der Waals surface area (Å²) in [4.78, 5) is 18.4. The smallest absolute Gasteiger partial charge is 0.254 e. The van der Waals surface area contributed by atoms with Crippen molar-refractivity contribution in [1.29, 1.82) is 0 Å². The summed E-state index contributed by atoms with van der Waals surface area (Å²) in [6, 6.07) is 4.04. The van der Waals surface area contributed by atoms with E-state index in [0.717, 1.165) is 24.9 Å². The first-order chi connectivity index (χ1) is 8.33. The molecular weight excluding hydrogens is 212 g/mol. The van der Waals surface area contributed by atoms with Gasteiger partial charge < -0.3 is 4.90 Å². The molecule has 1 aromatic heterocycles. The Bertz CT molecular complexity index is 358. The molecular formula is C14H20N2O. The van der Waals surface area contributed by atoms with Gasteiger partial charge in [-0.25, -0.2) is 0 Å². The highest BCUT2D eigenvalue weighted by Gasteiger charge is 2.24. The van der Waals surface area contributed by atoms with Gasteiger partial charge in [0.1, 0.15) is 0 Å². The minimum absolute atomic E-state index is 0.154. The fourth-order valence-electron chi connectivity index (χ4n) is 2.62. The molecule has 0 radical (unpaired) electrons. The maximum atomic E-state index is 12.4. The van der Waals surface area contributed by atoms with Gasteiger partial charge in [0.2, 0.25) is 0 Å². The lowest BCUT2D eigenvalue weighted by Crippen LogP contribution is -2.41. The van der Waals surface area contributed by atoms with Crippen molar-refractivity contribution >= 4 is 5.91 Å². The maximum Gasteiger partial charge on any atom is 0.254 e. The Morgan fingerprint density at radius 1 is 1.29 bits per heavy atom. The van der Waals surface area contributed by atoms with Crippen LogP contribution >= 0.6 is 0 Å².